The van der Waals surface area contributed by atoms with Crippen LogP contribution in [0.1, 0.15) is 129 Å². The average Bonchev–Trinajstić information content (AvgIpc) is 3.09. The number of nitrogens with zero attached hydrogens (tertiary/aromatic N) is 3. The molecule has 0 fully saturated rings. The Bertz CT molecular complexity index is 583. The van der Waals surface area contributed by atoms with Gasteiger partial charge < -0.3 is 5.11 Å². The molecule has 1 aromatic heterocycles. The summed E-state index contributed by atoms with van der Waals surface area (Å²) < 4.78 is 2.18. The summed E-state index contributed by atoms with van der Waals surface area (Å²) in [6, 6.07) is 0. The summed E-state index contributed by atoms with van der Waals surface area (Å²) in [6.07, 6.45) is 22.3. The second-order valence-electron chi connectivity index (χ2n) is 8.06. The van der Waals surface area contributed by atoms with Crippen molar-refractivity contribution in [3.63, 3.8) is 0 Å². The van der Waals surface area contributed by atoms with Crippen LogP contribution in [0.4, 0.5) is 5.13 Å². The zero-order valence-electron chi connectivity index (χ0n) is 18.8. The molecule has 1 atom stereocenters. The summed E-state index contributed by atoms with van der Waals surface area (Å²) in [6.45, 7) is 4.50. The van der Waals surface area contributed by atoms with Crippen molar-refractivity contribution in [3.8, 4) is 0 Å². The first-order valence-corrected chi connectivity index (χ1v) is 13.2. The highest BCUT2D eigenvalue weighted by molar-refractivity contribution is 7.73. The number of hydrogen-bond donors (Lipinski definition) is 1. The van der Waals surface area contributed by atoms with Gasteiger partial charge >= 0.3 is 0 Å². The van der Waals surface area contributed by atoms with Gasteiger partial charge in [-0.15, -0.1) is 5.10 Å². The lowest BCUT2D eigenvalue weighted by atomic mass is 10.1. The number of rotatable bonds is 19. The van der Waals surface area contributed by atoms with Gasteiger partial charge in [0.25, 0.3) is 0 Å². The summed E-state index contributed by atoms with van der Waals surface area (Å²) in [7, 11) is 0. The lowest BCUT2D eigenvalue weighted by Crippen LogP contribution is -2.09. The molecular weight excluding hydrogens is 398 g/mol. The number of unbranched alkanes of at least 4 members (excludes halogenated alkanes) is 14. The molecule has 0 aliphatic rings. The van der Waals surface area contributed by atoms with Crippen molar-refractivity contribution in [1.82, 2.24) is 9.78 Å². The molecule has 168 valence electrons. The van der Waals surface area contributed by atoms with E-state index in [0.717, 1.165) is 12.8 Å². The Morgan fingerprint density at radius 3 is 2.00 bits per heavy atom. The molecule has 0 aliphatic carbocycles. The van der Waals surface area contributed by atoms with Crippen molar-refractivity contribution in [2.75, 3.05) is 0 Å². The molecule has 1 rings (SSSR count). The molecule has 0 saturated heterocycles. The van der Waals surface area contributed by atoms with E-state index < -0.39 is 6.23 Å². The monoisotopic (exact) mass is 441 g/mol. The summed E-state index contributed by atoms with van der Waals surface area (Å²) in [5.41, 5.74) is 0. The minimum absolute atomic E-state index is 0.611. The number of aromatic nitrogens is 2. The van der Waals surface area contributed by atoms with Crippen molar-refractivity contribution < 1.29 is 5.11 Å². The Balaban J connectivity index is 2.19. The minimum atomic E-state index is -0.620. The first-order valence-electron chi connectivity index (χ1n) is 12.0. The smallest absolute Gasteiger partial charge is 0.230 e. The highest BCUT2D eigenvalue weighted by atomic mass is 32.1. The highest BCUT2D eigenvalue weighted by Gasteiger charge is 2.11. The van der Waals surface area contributed by atoms with Crippen LogP contribution in [0.3, 0.4) is 0 Å². The third-order valence-corrected chi connectivity index (χ3v) is 6.46. The fourth-order valence-electron chi connectivity index (χ4n) is 3.44. The maximum absolute atomic E-state index is 10.4. The second kappa shape index (κ2) is 18.2. The first kappa shape index (κ1) is 26.4. The maximum Gasteiger partial charge on any atom is 0.230 e. The van der Waals surface area contributed by atoms with E-state index in [0.29, 0.717) is 15.5 Å². The lowest BCUT2D eigenvalue weighted by Gasteiger charge is -2.10. The average molecular weight is 442 g/mol. The number of aliphatic hydroxyl groups excluding tert-OH is 1. The van der Waals surface area contributed by atoms with Gasteiger partial charge in [-0.3, -0.25) is 0 Å². The molecule has 4 nitrogen and oxygen atoms in total. The summed E-state index contributed by atoms with van der Waals surface area (Å²) >= 11 is 6.75. The van der Waals surface area contributed by atoms with Gasteiger partial charge in [0.2, 0.25) is 5.13 Å². The topological polar surface area (TPSA) is 50.4 Å². The zero-order chi connectivity index (χ0) is 21.2. The zero-order valence-corrected chi connectivity index (χ0v) is 20.4. The molecule has 29 heavy (non-hydrogen) atoms. The minimum Gasteiger partial charge on any atom is -0.372 e. The van der Waals surface area contributed by atoms with Crippen LogP contribution in [-0.2, 0) is 0 Å². The van der Waals surface area contributed by atoms with Gasteiger partial charge in [0, 0.05) is 6.21 Å². The van der Waals surface area contributed by atoms with Gasteiger partial charge in [-0.05, 0) is 37.9 Å². The van der Waals surface area contributed by atoms with Crippen molar-refractivity contribution in [1.29, 1.82) is 0 Å². The lowest BCUT2D eigenvalue weighted by molar-refractivity contribution is 0.0778. The van der Waals surface area contributed by atoms with E-state index in [1.165, 1.54) is 101 Å². The fraction of sp³-hybridized carbons (Fsp3) is 0.870. The SMILES string of the molecule is CCCCCCCCC/C=N/c1nn(C(O)CCCCCCCCCC)c(=S)s1. The molecule has 0 spiro atoms. The predicted octanol–water partition coefficient (Wildman–Crippen LogP) is 8.54. The molecular formula is C23H43N3OS2. The number of hydrogen-bond acceptors (Lipinski definition) is 5. The van der Waals surface area contributed by atoms with E-state index in [1.54, 1.807) is 4.68 Å². The van der Waals surface area contributed by atoms with Crippen LogP contribution in [0.2, 0.25) is 0 Å². The Morgan fingerprint density at radius 1 is 0.897 bits per heavy atom. The third kappa shape index (κ3) is 13.3. The largest absolute Gasteiger partial charge is 0.372 e. The van der Waals surface area contributed by atoms with Crippen molar-refractivity contribution >= 4 is 34.9 Å². The standard InChI is InChI=1S/C23H43N3OS2/c1-3-5-7-9-11-13-15-17-19-21(27)26-23(28)29-22(25-26)24-20-18-16-14-12-10-8-6-4-2/h20-21,27H,3-19H2,1-2H3/b24-20+. The van der Waals surface area contributed by atoms with E-state index in [2.05, 4.69) is 23.9 Å². The van der Waals surface area contributed by atoms with Gasteiger partial charge in [0.1, 0.15) is 6.23 Å². The van der Waals surface area contributed by atoms with Crippen LogP contribution in [0.5, 0.6) is 0 Å². The third-order valence-electron chi connectivity index (χ3n) is 5.30. The van der Waals surface area contributed by atoms with E-state index in [4.69, 9.17) is 12.2 Å². The Hall–Kier alpha value is -0.590. The van der Waals surface area contributed by atoms with Crippen molar-refractivity contribution in [2.24, 2.45) is 4.99 Å². The molecule has 6 heteroatoms. The van der Waals surface area contributed by atoms with E-state index in [-0.39, 0.29) is 0 Å². The predicted molar refractivity (Wildman–Crippen MR) is 130 cm³/mol. The number of aliphatic imine (C=N–C) groups is 1. The quantitative estimate of drug-likeness (QED) is 0.133. The maximum atomic E-state index is 10.4. The van der Waals surface area contributed by atoms with Gasteiger partial charge in [0.05, 0.1) is 0 Å². The van der Waals surface area contributed by atoms with E-state index in [1.807, 2.05) is 6.21 Å². The van der Waals surface area contributed by atoms with E-state index in [9.17, 15) is 5.11 Å². The van der Waals surface area contributed by atoms with Crippen LogP contribution in [0.15, 0.2) is 4.99 Å². The summed E-state index contributed by atoms with van der Waals surface area (Å²) in [4.78, 5) is 4.45. The van der Waals surface area contributed by atoms with Crippen molar-refractivity contribution in [2.45, 2.75) is 129 Å². The Kier molecular flexibility index (Phi) is 16.6. The Morgan fingerprint density at radius 2 is 1.41 bits per heavy atom. The highest BCUT2D eigenvalue weighted by Crippen LogP contribution is 2.23. The van der Waals surface area contributed by atoms with E-state index >= 15 is 0 Å². The molecule has 1 aromatic rings. The van der Waals surface area contributed by atoms with Crippen LogP contribution < -0.4 is 0 Å². The van der Waals surface area contributed by atoms with Gasteiger partial charge in [0.15, 0.2) is 3.95 Å². The molecule has 1 heterocycles. The second-order valence-corrected chi connectivity index (χ2v) is 9.66. The molecule has 1 unspecified atom stereocenters. The fourth-order valence-corrected chi connectivity index (χ4v) is 4.49. The number of aliphatic hydroxyl groups is 1. The summed E-state index contributed by atoms with van der Waals surface area (Å²) in [5, 5.41) is 15.5. The molecule has 0 aliphatic heterocycles. The van der Waals surface area contributed by atoms with Crippen LogP contribution in [0.25, 0.3) is 0 Å². The molecule has 0 amide bonds. The van der Waals surface area contributed by atoms with Crippen molar-refractivity contribution in [3.05, 3.63) is 3.95 Å². The van der Waals surface area contributed by atoms with Crippen LogP contribution >= 0.6 is 23.6 Å². The van der Waals surface area contributed by atoms with Gasteiger partial charge in [-0.25, -0.2) is 9.67 Å². The van der Waals surface area contributed by atoms with Crippen LogP contribution in [0, 0.1) is 3.95 Å². The molecule has 0 radical (unpaired) electrons. The summed E-state index contributed by atoms with van der Waals surface area (Å²) in [5.74, 6) is 0. The molecule has 1 N–H and O–H groups in total. The van der Waals surface area contributed by atoms with Gasteiger partial charge in [-0.2, -0.15) is 0 Å². The molecule has 0 aromatic carbocycles. The normalized spacial score (nSPS) is 12.8. The van der Waals surface area contributed by atoms with Gasteiger partial charge in [-0.1, -0.05) is 109 Å². The first-order chi connectivity index (χ1) is 14.2. The molecule has 0 bridgehead atoms. The molecule has 0 saturated carbocycles. The van der Waals surface area contributed by atoms with Crippen LogP contribution in [-0.4, -0.2) is 21.1 Å². The Labute approximate surface area is 187 Å².